The monoisotopic (exact) mass is 291 g/mol. The van der Waals surface area contributed by atoms with Crippen LogP contribution in [-0.2, 0) is 10.0 Å². The summed E-state index contributed by atoms with van der Waals surface area (Å²) in [4.78, 5) is 0.333. The largest absolute Gasteiger partial charge is 0.244 e. The fraction of sp³-hybridized carbons (Fsp3) is 0.200. The molecule has 0 aromatic heterocycles. The van der Waals surface area contributed by atoms with Crippen LogP contribution in [0.1, 0.15) is 22.7 Å². The van der Waals surface area contributed by atoms with E-state index in [1.54, 1.807) is 31.3 Å². The average molecular weight is 291 g/mol. The van der Waals surface area contributed by atoms with Gasteiger partial charge in [0.25, 0.3) is 0 Å². The highest BCUT2D eigenvalue weighted by Gasteiger charge is 2.40. The molecule has 1 atom stereocenters. The lowest BCUT2D eigenvalue weighted by atomic mass is 9.97. The highest BCUT2D eigenvalue weighted by molar-refractivity contribution is 7.89. The maximum atomic E-state index is 13.1. The summed E-state index contributed by atoms with van der Waals surface area (Å²) in [6.45, 7) is 1.92. The van der Waals surface area contributed by atoms with Gasteiger partial charge in [0.2, 0.25) is 10.0 Å². The van der Waals surface area contributed by atoms with Crippen molar-refractivity contribution in [3.8, 4) is 0 Å². The molecule has 1 unspecified atom stereocenters. The molecule has 3 rings (SSSR count). The predicted molar refractivity (Wildman–Crippen MR) is 74.4 cm³/mol. The maximum absolute atomic E-state index is 13.1. The number of aryl methyl sites for hydroxylation is 1. The summed E-state index contributed by atoms with van der Waals surface area (Å²) in [5.41, 5.74) is 2.52. The number of rotatable bonds is 1. The Morgan fingerprint density at radius 1 is 1.10 bits per heavy atom. The van der Waals surface area contributed by atoms with Crippen LogP contribution in [0.25, 0.3) is 0 Å². The van der Waals surface area contributed by atoms with Gasteiger partial charge in [-0.25, -0.2) is 12.8 Å². The Morgan fingerprint density at radius 2 is 1.75 bits per heavy atom. The first-order valence-electron chi connectivity index (χ1n) is 6.25. The average Bonchev–Trinajstić information content (AvgIpc) is 2.59. The van der Waals surface area contributed by atoms with Gasteiger partial charge in [-0.05, 0) is 36.2 Å². The molecule has 0 aliphatic carbocycles. The van der Waals surface area contributed by atoms with Gasteiger partial charge in [-0.1, -0.05) is 29.8 Å². The van der Waals surface area contributed by atoms with Crippen LogP contribution >= 0.6 is 0 Å². The van der Waals surface area contributed by atoms with Crippen LogP contribution in [-0.4, -0.2) is 19.8 Å². The Kier molecular flexibility index (Phi) is 2.92. The van der Waals surface area contributed by atoms with E-state index in [4.69, 9.17) is 0 Å². The molecule has 20 heavy (non-hydrogen) atoms. The lowest BCUT2D eigenvalue weighted by Crippen LogP contribution is -2.24. The van der Waals surface area contributed by atoms with Gasteiger partial charge in [-0.2, -0.15) is 4.31 Å². The second-order valence-corrected chi connectivity index (χ2v) is 6.98. The van der Waals surface area contributed by atoms with Gasteiger partial charge >= 0.3 is 0 Å². The molecular weight excluding hydrogens is 277 g/mol. The number of halogens is 1. The minimum atomic E-state index is -3.47. The molecule has 0 saturated heterocycles. The topological polar surface area (TPSA) is 37.4 Å². The van der Waals surface area contributed by atoms with Gasteiger partial charge in [0, 0.05) is 7.05 Å². The summed E-state index contributed by atoms with van der Waals surface area (Å²) in [6.07, 6.45) is 0. The summed E-state index contributed by atoms with van der Waals surface area (Å²) in [7, 11) is -1.91. The second kappa shape index (κ2) is 4.40. The van der Waals surface area contributed by atoms with Crippen molar-refractivity contribution in [2.75, 3.05) is 7.05 Å². The first-order valence-corrected chi connectivity index (χ1v) is 7.69. The zero-order valence-electron chi connectivity index (χ0n) is 11.2. The van der Waals surface area contributed by atoms with Crippen LogP contribution in [0.15, 0.2) is 47.4 Å². The lowest BCUT2D eigenvalue weighted by molar-refractivity contribution is 0.439. The summed E-state index contributed by atoms with van der Waals surface area (Å²) in [6, 6.07) is 10.9. The summed E-state index contributed by atoms with van der Waals surface area (Å²) in [5.74, 6) is -0.332. The minimum Gasteiger partial charge on any atom is -0.207 e. The van der Waals surface area contributed by atoms with Crippen molar-refractivity contribution in [3.63, 3.8) is 0 Å². The molecule has 1 heterocycles. The number of sulfonamides is 1. The smallest absolute Gasteiger partial charge is 0.207 e. The third kappa shape index (κ3) is 1.85. The third-order valence-corrected chi connectivity index (χ3v) is 5.56. The fourth-order valence-corrected chi connectivity index (χ4v) is 4.17. The first-order chi connectivity index (χ1) is 9.41. The van der Waals surface area contributed by atoms with Crippen molar-refractivity contribution in [3.05, 3.63) is 65.0 Å². The SMILES string of the molecule is Cc1ccc2c(c1)C(c1ccc(F)cc1)N(C)S2(=O)=O. The lowest BCUT2D eigenvalue weighted by Gasteiger charge is -2.19. The van der Waals surface area contributed by atoms with Crippen molar-refractivity contribution < 1.29 is 12.8 Å². The summed E-state index contributed by atoms with van der Waals surface area (Å²) in [5, 5.41) is 0. The molecule has 3 nitrogen and oxygen atoms in total. The molecule has 2 aromatic rings. The van der Waals surface area contributed by atoms with Gasteiger partial charge in [0.15, 0.2) is 0 Å². The number of fused-ring (bicyclic) bond motifs is 1. The van der Waals surface area contributed by atoms with E-state index >= 15 is 0 Å². The fourth-order valence-electron chi connectivity index (χ4n) is 2.64. The molecule has 0 N–H and O–H groups in total. The third-order valence-electron chi connectivity index (χ3n) is 3.67. The molecule has 1 aliphatic rings. The number of hydrogen-bond donors (Lipinski definition) is 0. The van der Waals surface area contributed by atoms with Crippen molar-refractivity contribution in [2.45, 2.75) is 17.9 Å². The molecule has 1 aliphatic heterocycles. The van der Waals surface area contributed by atoms with Crippen molar-refractivity contribution in [2.24, 2.45) is 0 Å². The number of hydrogen-bond acceptors (Lipinski definition) is 2. The van der Waals surface area contributed by atoms with Crippen LogP contribution < -0.4 is 0 Å². The van der Waals surface area contributed by atoms with Crippen molar-refractivity contribution >= 4 is 10.0 Å². The highest BCUT2D eigenvalue weighted by Crippen LogP contribution is 2.42. The number of benzene rings is 2. The van der Waals surface area contributed by atoms with Gasteiger partial charge in [0.05, 0.1) is 10.9 Å². The van der Waals surface area contributed by atoms with Gasteiger partial charge in [-0.3, -0.25) is 0 Å². The Balaban J connectivity index is 2.23. The Bertz CT molecular complexity index is 769. The Hall–Kier alpha value is -1.72. The van der Waals surface area contributed by atoms with Crippen molar-refractivity contribution in [1.82, 2.24) is 4.31 Å². The highest BCUT2D eigenvalue weighted by atomic mass is 32.2. The first kappa shape index (κ1) is 13.3. The molecule has 0 radical (unpaired) electrons. The van der Waals surface area contributed by atoms with E-state index in [0.29, 0.717) is 4.90 Å². The van der Waals surface area contributed by atoms with Crippen LogP contribution in [0.4, 0.5) is 4.39 Å². The standard InChI is InChI=1S/C15H14FNO2S/c1-10-3-8-14-13(9-10)15(17(2)20(14,18)19)11-4-6-12(16)7-5-11/h3-9,15H,1-2H3. The van der Waals surface area contributed by atoms with Crippen LogP contribution in [0, 0.1) is 12.7 Å². The molecule has 0 saturated carbocycles. The van der Waals surface area contributed by atoms with E-state index in [9.17, 15) is 12.8 Å². The molecule has 104 valence electrons. The van der Waals surface area contributed by atoms with Gasteiger partial charge in [0.1, 0.15) is 5.82 Å². The van der Waals surface area contributed by atoms with E-state index < -0.39 is 16.1 Å². The zero-order valence-corrected chi connectivity index (χ0v) is 12.0. The molecule has 5 heteroatoms. The molecular formula is C15H14FNO2S. The summed E-state index contributed by atoms with van der Waals surface area (Å²) < 4.78 is 39.2. The van der Waals surface area contributed by atoms with E-state index in [0.717, 1.165) is 16.7 Å². The van der Waals surface area contributed by atoms with Crippen LogP contribution in [0.5, 0.6) is 0 Å². The quantitative estimate of drug-likeness (QED) is 0.810. The zero-order chi connectivity index (χ0) is 14.5. The van der Waals surface area contributed by atoms with E-state index in [1.807, 2.05) is 13.0 Å². The van der Waals surface area contributed by atoms with Crippen LogP contribution in [0.3, 0.4) is 0 Å². The van der Waals surface area contributed by atoms with E-state index in [2.05, 4.69) is 0 Å². The predicted octanol–water partition coefficient (Wildman–Crippen LogP) is 2.86. The molecule has 0 amide bonds. The molecule has 0 spiro atoms. The number of nitrogens with zero attached hydrogens (tertiary/aromatic N) is 1. The summed E-state index contributed by atoms with van der Waals surface area (Å²) >= 11 is 0. The molecule has 0 fully saturated rings. The van der Waals surface area contributed by atoms with Gasteiger partial charge < -0.3 is 0 Å². The molecule has 2 aromatic carbocycles. The van der Waals surface area contributed by atoms with E-state index in [1.165, 1.54) is 16.4 Å². The Labute approximate surface area is 117 Å². The Morgan fingerprint density at radius 3 is 2.40 bits per heavy atom. The minimum absolute atomic E-state index is 0.332. The van der Waals surface area contributed by atoms with Crippen molar-refractivity contribution in [1.29, 1.82) is 0 Å². The van der Waals surface area contributed by atoms with E-state index in [-0.39, 0.29) is 5.82 Å². The van der Waals surface area contributed by atoms with Gasteiger partial charge in [-0.15, -0.1) is 0 Å². The molecule has 0 bridgehead atoms. The van der Waals surface area contributed by atoms with Crippen LogP contribution in [0.2, 0.25) is 0 Å². The second-order valence-electron chi connectivity index (χ2n) is 5.02. The normalized spacial score (nSPS) is 20.9. The maximum Gasteiger partial charge on any atom is 0.244 e.